The summed E-state index contributed by atoms with van der Waals surface area (Å²) in [5.41, 5.74) is 1.26. The standard InChI is InChI=1S/C21H20O6.C7H6O3/c1-26-20-11-14(5-9-18(20)24)3-7-16(22)13-17(23)8-4-15-6-10-19(25)21(12-15)27-2;8-6-4-2-1-3-5(6)7(9)10/h3-12,24-25H,13H2,1-2H3;1-4,8H,(H,9,10)/b7-3+,8-4+;. The van der Waals surface area contributed by atoms with E-state index in [2.05, 4.69) is 0 Å². The molecule has 0 bridgehead atoms. The van der Waals surface area contributed by atoms with Crippen LogP contribution in [0.1, 0.15) is 27.9 Å². The third-order valence-electron chi connectivity index (χ3n) is 4.81. The number of carbonyl (C=O) groups is 3. The van der Waals surface area contributed by atoms with E-state index >= 15 is 0 Å². The van der Waals surface area contributed by atoms with E-state index in [-0.39, 0.29) is 40.8 Å². The highest BCUT2D eigenvalue weighted by molar-refractivity contribution is 6.10. The number of carbonyl (C=O) groups excluding carboxylic acids is 2. The average Bonchev–Trinajstić information content (AvgIpc) is 2.88. The maximum absolute atomic E-state index is 11.9. The molecule has 0 saturated carbocycles. The van der Waals surface area contributed by atoms with Gasteiger partial charge in [-0.2, -0.15) is 0 Å². The fourth-order valence-corrected chi connectivity index (χ4v) is 2.92. The Kier molecular flexibility index (Phi) is 10.5. The van der Waals surface area contributed by atoms with Gasteiger partial charge in [0.2, 0.25) is 0 Å². The van der Waals surface area contributed by atoms with Gasteiger partial charge in [0.05, 0.1) is 20.6 Å². The molecule has 9 heteroatoms. The Bertz CT molecular complexity index is 1250. The largest absolute Gasteiger partial charge is 0.507 e. The number of ether oxygens (including phenoxy) is 2. The number of aromatic carboxylic acids is 1. The zero-order valence-electron chi connectivity index (χ0n) is 20.1. The number of phenolic OH excluding ortho intramolecular Hbond substituents is 2. The van der Waals surface area contributed by atoms with Gasteiger partial charge in [0.15, 0.2) is 34.6 Å². The summed E-state index contributed by atoms with van der Waals surface area (Å²) in [6.07, 6.45) is 5.44. The predicted octanol–water partition coefficient (Wildman–Crippen LogP) is 4.46. The zero-order chi connectivity index (χ0) is 27.4. The van der Waals surface area contributed by atoms with E-state index in [1.807, 2.05) is 0 Å². The number of allylic oxidation sites excluding steroid dienone is 2. The fourth-order valence-electron chi connectivity index (χ4n) is 2.92. The van der Waals surface area contributed by atoms with Gasteiger partial charge < -0.3 is 29.9 Å². The second kappa shape index (κ2) is 13.7. The lowest BCUT2D eigenvalue weighted by Gasteiger charge is -2.03. The Morgan fingerprint density at radius 3 is 1.54 bits per heavy atom. The fraction of sp³-hybridized carbons (Fsp3) is 0.107. The summed E-state index contributed by atoms with van der Waals surface area (Å²) in [5.74, 6) is -1.40. The van der Waals surface area contributed by atoms with Gasteiger partial charge in [0, 0.05) is 0 Å². The summed E-state index contributed by atoms with van der Waals surface area (Å²) in [7, 11) is 2.87. The highest BCUT2D eigenvalue weighted by atomic mass is 16.5. The molecule has 3 aromatic rings. The molecular formula is C28H26O9. The molecule has 3 aromatic carbocycles. The minimum Gasteiger partial charge on any atom is -0.507 e. The van der Waals surface area contributed by atoms with Gasteiger partial charge in [-0.3, -0.25) is 9.59 Å². The van der Waals surface area contributed by atoms with E-state index in [1.165, 1.54) is 50.6 Å². The molecule has 0 atom stereocenters. The molecule has 0 spiro atoms. The Hall–Kier alpha value is -5.05. The summed E-state index contributed by atoms with van der Waals surface area (Å²) < 4.78 is 10.00. The Morgan fingerprint density at radius 1 is 0.703 bits per heavy atom. The summed E-state index contributed by atoms with van der Waals surface area (Å²) in [4.78, 5) is 34.1. The molecule has 0 saturated heterocycles. The van der Waals surface area contributed by atoms with Gasteiger partial charge in [-0.1, -0.05) is 36.4 Å². The van der Waals surface area contributed by atoms with Crippen molar-refractivity contribution in [2.75, 3.05) is 14.2 Å². The number of carboxylic acids is 1. The van der Waals surface area contributed by atoms with Crippen LogP contribution in [-0.2, 0) is 9.59 Å². The van der Waals surface area contributed by atoms with Crippen LogP contribution in [0.5, 0.6) is 28.7 Å². The third-order valence-corrected chi connectivity index (χ3v) is 4.81. The van der Waals surface area contributed by atoms with Gasteiger partial charge in [-0.05, 0) is 59.7 Å². The number of phenols is 3. The van der Waals surface area contributed by atoms with Gasteiger partial charge in [-0.15, -0.1) is 0 Å². The SMILES string of the molecule is COc1cc(/C=C/C(=O)CC(=O)/C=C/c2ccc(O)c(OC)c2)ccc1O.O=C(O)c1ccccc1O. The first-order valence-corrected chi connectivity index (χ1v) is 10.8. The smallest absolute Gasteiger partial charge is 0.339 e. The van der Waals surface area contributed by atoms with Crippen LogP contribution in [0, 0.1) is 0 Å². The van der Waals surface area contributed by atoms with Crippen molar-refractivity contribution in [3.63, 3.8) is 0 Å². The minimum absolute atomic E-state index is 0.00662. The van der Waals surface area contributed by atoms with Crippen LogP contribution in [0.4, 0.5) is 0 Å². The first kappa shape index (κ1) is 28.2. The van der Waals surface area contributed by atoms with Gasteiger partial charge in [0.25, 0.3) is 0 Å². The molecule has 9 nitrogen and oxygen atoms in total. The van der Waals surface area contributed by atoms with E-state index in [0.717, 1.165) is 0 Å². The van der Waals surface area contributed by atoms with E-state index in [4.69, 9.17) is 19.7 Å². The summed E-state index contributed by atoms with van der Waals surface area (Å²) in [6, 6.07) is 15.2. The number of hydrogen-bond acceptors (Lipinski definition) is 8. The molecule has 0 aliphatic heterocycles. The number of hydrogen-bond donors (Lipinski definition) is 4. The molecule has 0 amide bonds. The third kappa shape index (κ3) is 8.91. The van der Waals surface area contributed by atoms with Gasteiger partial charge in [-0.25, -0.2) is 4.79 Å². The highest BCUT2D eigenvalue weighted by Gasteiger charge is 2.07. The van der Waals surface area contributed by atoms with Crippen molar-refractivity contribution in [3.05, 3.63) is 89.5 Å². The monoisotopic (exact) mass is 506 g/mol. The lowest BCUT2D eigenvalue weighted by molar-refractivity contribution is -0.121. The van der Waals surface area contributed by atoms with Crippen LogP contribution in [0.15, 0.2) is 72.8 Å². The lowest BCUT2D eigenvalue weighted by Crippen LogP contribution is -2.01. The Morgan fingerprint density at radius 2 is 1.16 bits per heavy atom. The molecule has 3 rings (SSSR count). The van der Waals surface area contributed by atoms with Crippen molar-refractivity contribution in [1.29, 1.82) is 0 Å². The number of methoxy groups -OCH3 is 2. The Balaban J connectivity index is 0.000000402. The van der Waals surface area contributed by atoms with Crippen molar-refractivity contribution < 1.29 is 44.3 Å². The molecule has 0 fully saturated rings. The predicted molar refractivity (Wildman–Crippen MR) is 137 cm³/mol. The average molecular weight is 507 g/mol. The van der Waals surface area contributed by atoms with E-state index in [0.29, 0.717) is 22.6 Å². The van der Waals surface area contributed by atoms with Gasteiger partial charge in [0.1, 0.15) is 11.3 Å². The van der Waals surface area contributed by atoms with E-state index < -0.39 is 5.97 Å². The molecule has 37 heavy (non-hydrogen) atoms. The van der Waals surface area contributed by atoms with Crippen LogP contribution in [0.25, 0.3) is 12.2 Å². The number of para-hydroxylation sites is 1. The molecule has 0 heterocycles. The van der Waals surface area contributed by atoms with Crippen molar-refractivity contribution >= 4 is 29.7 Å². The van der Waals surface area contributed by atoms with E-state index in [1.54, 1.807) is 48.6 Å². The highest BCUT2D eigenvalue weighted by Crippen LogP contribution is 2.27. The Labute approximate surface area is 213 Å². The van der Waals surface area contributed by atoms with Crippen molar-refractivity contribution in [1.82, 2.24) is 0 Å². The number of carboxylic acid groups (broad SMARTS) is 1. The first-order chi connectivity index (χ1) is 17.6. The molecule has 0 unspecified atom stereocenters. The van der Waals surface area contributed by atoms with Crippen molar-refractivity contribution in [2.24, 2.45) is 0 Å². The maximum atomic E-state index is 11.9. The maximum Gasteiger partial charge on any atom is 0.339 e. The molecular weight excluding hydrogens is 480 g/mol. The van der Waals surface area contributed by atoms with Crippen molar-refractivity contribution in [2.45, 2.75) is 6.42 Å². The van der Waals surface area contributed by atoms with Crippen LogP contribution in [-0.4, -0.2) is 52.2 Å². The van der Waals surface area contributed by atoms with Gasteiger partial charge >= 0.3 is 5.97 Å². The topological polar surface area (TPSA) is 151 Å². The molecule has 0 aliphatic carbocycles. The number of benzene rings is 3. The molecule has 0 aliphatic rings. The second-order valence-electron chi connectivity index (χ2n) is 7.46. The summed E-state index contributed by atoms with van der Waals surface area (Å²) in [6.45, 7) is 0. The number of rotatable bonds is 9. The van der Waals surface area contributed by atoms with Crippen LogP contribution in [0.3, 0.4) is 0 Å². The van der Waals surface area contributed by atoms with Crippen LogP contribution < -0.4 is 9.47 Å². The lowest BCUT2D eigenvalue weighted by atomic mass is 10.1. The molecule has 192 valence electrons. The van der Waals surface area contributed by atoms with Crippen LogP contribution >= 0.6 is 0 Å². The zero-order valence-corrected chi connectivity index (χ0v) is 20.1. The van der Waals surface area contributed by atoms with Crippen LogP contribution in [0.2, 0.25) is 0 Å². The summed E-state index contributed by atoms with van der Waals surface area (Å²) >= 11 is 0. The minimum atomic E-state index is -1.11. The molecule has 4 N–H and O–H groups in total. The van der Waals surface area contributed by atoms with Crippen molar-refractivity contribution in [3.8, 4) is 28.7 Å². The molecule has 0 radical (unpaired) electrons. The number of aromatic hydroxyl groups is 3. The number of ketones is 2. The normalized spacial score (nSPS) is 10.5. The quantitative estimate of drug-likeness (QED) is 0.244. The molecule has 0 aromatic heterocycles. The summed E-state index contributed by atoms with van der Waals surface area (Å²) in [5, 5.41) is 36.4. The second-order valence-corrected chi connectivity index (χ2v) is 7.46. The van der Waals surface area contributed by atoms with E-state index in [9.17, 15) is 24.6 Å². The first-order valence-electron chi connectivity index (χ1n) is 10.8.